The Bertz CT molecular complexity index is 635. The zero-order valence-corrected chi connectivity index (χ0v) is 14.4. The van der Waals surface area contributed by atoms with E-state index in [1.165, 1.54) is 35.2 Å². The lowest BCUT2D eigenvalue weighted by atomic mass is 9.92. The Balaban J connectivity index is 1.86. The van der Waals surface area contributed by atoms with Crippen molar-refractivity contribution < 1.29 is 9.18 Å². The topological polar surface area (TPSA) is 54.9 Å². The van der Waals surface area contributed by atoms with Gasteiger partial charge in [0.15, 0.2) is 4.34 Å². The van der Waals surface area contributed by atoms with Crippen LogP contribution in [0.25, 0.3) is 0 Å². The van der Waals surface area contributed by atoms with Crippen molar-refractivity contribution in [2.75, 3.05) is 5.32 Å². The molecule has 0 radical (unpaired) electrons. The molecule has 0 bridgehead atoms. The third-order valence-corrected chi connectivity index (χ3v) is 4.66. The van der Waals surface area contributed by atoms with Gasteiger partial charge in [-0.2, -0.15) is 0 Å². The second-order valence-electron chi connectivity index (χ2n) is 6.07. The molecule has 0 fully saturated rings. The summed E-state index contributed by atoms with van der Waals surface area (Å²) >= 11 is 2.86. The van der Waals surface area contributed by atoms with Crippen LogP contribution in [-0.4, -0.2) is 16.1 Å². The largest absolute Gasteiger partial charge is 0.300 e. The summed E-state index contributed by atoms with van der Waals surface area (Å²) in [6.07, 6.45) is 0.435. The van der Waals surface area contributed by atoms with Crippen LogP contribution in [-0.2, 0) is 10.5 Å². The van der Waals surface area contributed by atoms with Crippen molar-refractivity contribution in [2.24, 2.45) is 5.41 Å². The molecule has 2 rings (SSSR count). The highest BCUT2D eigenvalue weighted by molar-refractivity contribution is 8.00. The normalized spacial score (nSPS) is 11.5. The van der Waals surface area contributed by atoms with E-state index in [9.17, 15) is 9.18 Å². The van der Waals surface area contributed by atoms with Crippen LogP contribution in [0.4, 0.5) is 9.52 Å². The maximum Gasteiger partial charge on any atom is 0.226 e. The Labute approximate surface area is 137 Å². The Morgan fingerprint density at radius 2 is 1.95 bits per heavy atom. The lowest BCUT2D eigenvalue weighted by Gasteiger charge is -2.16. The van der Waals surface area contributed by atoms with Crippen molar-refractivity contribution in [3.05, 3.63) is 35.6 Å². The van der Waals surface area contributed by atoms with Gasteiger partial charge in [-0.15, -0.1) is 10.2 Å². The minimum atomic E-state index is -0.242. The zero-order valence-electron chi connectivity index (χ0n) is 12.7. The van der Waals surface area contributed by atoms with E-state index < -0.39 is 0 Å². The molecule has 0 atom stereocenters. The van der Waals surface area contributed by atoms with Gasteiger partial charge in [-0.1, -0.05) is 56.0 Å². The Morgan fingerprint density at radius 1 is 1.27 bits per heavy atom. The van der Waals surface area contributed by atoms with Crippen LogP contribution in [0.3, 0.4) is 0 Å². The van der Waals surface area contributed by atoms with Crippen LogP contribution in [0, 0.1) is 11.2 Å². The molecule has 0 aliphatic rings. The van der Waals surface area contributed by atoms with E-state index in [1.54, 1.807) is 12.1 Å². The third kappa shape index (κ3) is 5.73. The average molecular weight is 339 g/mol. The fourth-order valence-corrected chi connectivity index (χ4v) is 3.41. The van der Waals surface area contributed by atoms with E-state index >= 15 is 0 Å². The van der Waals surface area contributed by atoms with E-state index in [-0.39, 0.29) is 17.1 Å². The number of hydrogen-bond donors (Lipinski definition) is 1. The summed E-state index contributed by atoms with van der Waals surface area (Å²) in [6, 6.07) is 6.37. The minimum Gasteiger partial charge on any atom is -0.300 e. The number of halogens is 1. The highest BCUT2D eigenvalue weighted by atomic mass is 32.2. The van der Waals surface area contributed by atoms with Crippen molar-refractivity contribution in [3.8, 4) is 0 Å². The highest BCUT2D eigenvalue weighted by Crippen LogP contribution is 2.29. The predicted octanol–water partition coefficient (Wildman–Crippen LogP) is 4.34. The first-order valence-corrected chi connectivity index (χ1v) is 8.63. The fourth-order valence-electron chi connectivity index (χ4n) is 1.69. The van der Waals surface area contributed by atoms with Crippen molar-refractivity contribution >= 4 is 34.1 Å². The summed E-state index contributed by atoms with van der Waals surface area (Å²) in [5.41, 5.74) is 0.953. The molecule has 1 heterocycles. The van der Waals surface area contributed by atoms with Crippen molar-refractivity contribution in [3.63, 3.8) is 0 Å². The average Bonchev–Trinajstić information content (AvgIpc) is 2.83. The standard InChI is InChI=1S/C15H18FN3OS2/c1-15(2,3)8-12(20)17-13-18-19-14(22-13)21-9-10-4-6-11(16)7-5-10/h4-7H,8-9H2,1-3H3,(H,17,18,20). The molecule has 0 saturated carbocycles. The monoisotopic (exact) mass is 339 g/mol. The first-order valence-electron chi connectivity index (χ1n) is 6.82. The molecule has 0 spiro atoms. The molecule has 4 nitrogen and oxygen atoms in total. The molecule has 0 saturated heterocycles. The molecule has 118 valence electrons. The van der Waals surface area contributed by atoms with Gasteiger partial charge < -0.3 is 5.32 Å². The molecule has 0 unspecified atom stereocenters. The summed E-state index contributed by atoms with van der Waals surface area (Å²) in [5.74, 6) is 0.387. The summed E-state index contributed by atoms with van der Waals surface area (Å²) in [5, 5.41) is 11.3. The smallest absolute Gasteiger partial charge is 0.226 e. The van der Waals surface area contributed by atoms with Crippen molar-refractivity contribution in [1.29, 1.82) is 0 Å². The molecule has 1 amide bonds. The molecule has 22 heavy (non-hydrogen) atoms. The number of thioether (sulfide) groups is 1. The van der Waals surface area contributed by atoms with Crippen LogP contribution in [0.5, 0.6) is 0 Å². The van der Waals surface area contributed by atoms with Gasteiger partial charge in [0.25, 0.3) is 0 Å². The highest BCUT2D eigenvalue weighted by Gasteiger charge is 2.17. The predicted molar refractivity (Wildman–Crippen MR) is 88.6 cm³/mol. The maximum atomic E-state index is 12.8. The van der Waals surface area contributed by atoms with Gasteiger partial charge in [-0.25, -0.2) is 4.39 Å². The minimum absolute atomic E-state index is 0.0567. The van der Waals surface area contributed by atoms with Crippen LogP contribution in [0.2, 0.25) is 0 Å². The van der Waals surface area contributed by atoms with E-state index in [0.717, 1.165) is 9.90 Å². The summed E-state index contributed by atoms with van der Waals surface area (Å²) in [4.78, 5) is 11.8. The molecule has 0 aliphatic carbocycles. The second-order valence-corrected chi connectivity index (χ2v) is 8.27. The van der Waals surface area contributed by atoms with Gasteiger partial charge in [0.05, 0.1) is 0 Å². The molecule has 1 aromatic heterocycles. The summed E-state index contributed by atoms with van der Waals surface area (Å²) in [6.45, 7) is 6.03. The second kappa shape index (κ2) is 7.19. The van der Waals surface area contributed by atoms with E-state index in [4.69, 9.17) is 0 Å². The zero-order chi connectivity index (χ0) is 16.2. The Hall–Kier alpha value is -1.47. The Kier molecular flexibility index (Phi) is 5.52. The number of hydrogen-bond acceptors (Lipinski definition) is 5. The Morgan fingerprint density at radius 3 is 2.59 bits per heavy atom. The molecule has 1 aromatic carbocycles. The van der Waals surface area contributed by atoms with Crippen LogP contribution in [0.15, 0.2) is 28.6 Å². The number of aromatic nitrogens is 2. The van der Waals surface area contributed by atoms with Crippen molar-refractivity contribution in [2.45, 2.75) is 37.3 Å². The van der Waals surface area contributed by atoms with Gasteiger partial charge in [0, 0.05) is 12.2 Å². The van der Waals surface area contributed by atoms with Crippen LogP contribution < -0.4 is 5.32 Å². The van der Waals surface area contributed by atoms with E-state index in [1.807, 2.05) is 20.8 Å². The molecule has 7 heteroatoms. The number of amides is 1. The number of nitrogens with one attached hydrogen (secondary N) is 1. The third-order valence-electron chi connectivity index (χ3n) is 2.62. The number of benzene rings is 1. The first-order chi connectivity index (χ1) is 10.3. The van der Waals surface area contributed by atoms with Crippen LogP contribution in [0.1, 0.15) is 32.8 Å². The number of nitrogens with zero attached hydrogens (tertiary/aromatic N) is 2. The van der Waals surface area contributed by atoms with Gasteiger partial charge in [0.2, 0.25) is 11.0 Å². The molecular weight excluding hydrogens is 321 g/mol. The summed E-state index contributed by atoms with van der Waals surface area (Å²) in [7, 11) is 0. The number of carbonyl (C=O) groups excluding carboxylic acids is 1. The quantitative estimate of drug-likeness (QED) is 0.650. The van der Waals surface area contributed by atoms with E-state index in [0.29, 0.717) is 17.3 Å². The lowest BCUT2D eigenvalue weighted by Crippen LogP contribution is -2.19. The van der Waals surface area contributed by atoms with Gasteiger partial charge in [0.1, 0.15) is 5.82 Å². The first kappa shape index (κ1) is 16.9. The van der Waals surface area contributed by atoms with Gasteiger partial charge in [-0.3, -0.25) is 4.79 Å². The number of carbonyl (C=O) groups is 1. The van der Waals surface area contributed by atoms with Crippen LogP contribution >= 0.6 is 23.1 Å². The molecule has 0 aliphatic heterocycles. The molecular formula is C15H18FN3OS2. The number of rotatable bonds is 5. The molecule has 2 aromatic rings. The summed E-state index contributed by atoms with van der Waals surface area (Å²) < 4.78 is 13.6. The maximum absolute atomic E-state index is 12.8. The van der Waals surface area contributed by atoms with Crippen molar-refractivity contribution in [1.82, 2.24) is 10.2 Å². The van der Waals surface area contributed by atoms with Gasteiger partial charge in [-0.05, 0) is 23.1 Å². The lowest BCUT2D eigenvalue weighted by molar-refractivity contribution is -0.117. The van der Waals surface area contributed by atoms with E-state index in [2.05, 4.69) is 15.5 Å². The number of anilines is 1. The van der Waals surface area contributed by atoms with Gasteiger partial charge >= 0.3 is 0 Å². The fraction of sp³-hybridized carbons (Fsp3) is 0.400. The molecule has 1 N–H and O–H groups in total. The SMILES string of the molecule is CC(C)(C)CC(=O)Nc1nnc(SCc2ccc(F)cc2)s1.